The van der Waals surface area contributed by atoms with Gasteiger partial charge in [-0.25, -0.2) is 9.18 Å². The fourth-order valence-electron chi connectivity index (χ4n) is 3.10. The second-order valence-corrected chi connectivity index (χ2v) is 7.88. The van der Waals surface area contributed by atoms with Gasteiger partial charge in [0.15, 0.2) is 0 Å². The van der Waals surface area contributed by atoms with E-state index in [-0.39, 0.29) is 30.3 Å². The minimum absolute atomic E-state index is 0.0779. The molecule has 6 nitrogen and oxygen atoms in total. The van der Waals surface area contributed by atoms with Gasteiger partial charge in [-0.1, -0.05) is 30.3 Å². The lowest BCUT2D eigenvalue weighted by molar-refractivity contribution is -0.143. The summed E-state index contributed by atoms with van der Waals surface area (Å²) in [5.74, 6) is -3.35. The van der Waals surface area contributed by atoms with Gasteiger partial charge in [0.05, 0.1) is 11.1 Å². The van der Waals surface area contributed by atoms with Crippen molar-refractivity contribution in [2.24, 2.45) is 0 Å². The van der Waals surface area contributed by atoms with E-state index in [1.807, 2.05) is 0 Å². The van der Waals surface area contributed by atoms with E-state index in [1.165, 1.54) is 19.9 Å². The number of carbonyl (C=O) groups excluding carboxylic acids is 1. The smallest absolute Gasteiger partial charge is 0.419 e. The van der Waals surface area contributed by atoms with E-state index < -0.39 is 35.0 Å². The predicted octanol–water partition coefficient (Wildman–Crippen LogP) is 5.05. The van der Waals surface area contributed by atoms with E-state index in [1.54, 1.807) is 30.3 Å². The molecule has 0 bridgehead atoms. The van der Waals surface area contributed by atoms with Crippen molar-refractivity contribution in [3.8, 4) is 11.5 Å². The van der Waals surface area contributed by atoms with Crippen molar-refractivity contribution in [3.63, 3.8) is 0 Å². The average Bonchev–Trinajstić information content (AvgIpc) is 2.76. The van der Waals surface area contributed by atoms with Gasteiger partial charge in [0.25, 0.3) is 5.91 Å². The standard InChI is InChI=1S/C24H21F4NO5/c1-23(2,22(31)32)29-21(30)17-9-7-14-5-3-4-6-16(14)20(17)34-12-11-33-15-8-10-19(25)18(13-15)24(26,27)28/h3-10,13H,11-12H2,1-2H3,(H,29,30)(H,31,32). The lowest BCUT2D eigenvalue weighted by Crippen LogP contribution is -2.49. The van der Waals surface area contributed by atoms with Crippen LogP contribution in [0.4, 0.5) is 17.6 Å². The predicted molar refractivity (Wildman–Crippen MR) is 116 cm³/mol. The van der Waals surface area contributed by atoms with Crippen LogP contribution in [0, 0.1) is 5.82 Å². The molecule has 0 unspecified atom stereocenters. The molecule has 0 saturated carbocycles. The van der Waals surface area contributed by atoms with Crippen LogP contribution in [-0.4, -0.2) is 35.7 Å². The van der Waals surface area contributed by atoms with Crippen LogP contribution < -0.4 is 14.8 Å². The summed E-state index contributed by atoms with van der Waals surface area (Å²) in [5.41, 5.74) is -2.91. The number of aliphatic carboxylic acids is 1. The number of ether oxygens (including phenoxy) is 2. The van der Waals surface area contributed by atoms with Crippen molar-refractivity contribution in [1.29, 1.82) is 0 Å². The first-order valence-electron chi connectivity index (χ1n) is 10.1. The maximum absolute atomic E-state index is 13.4. The van der Waals surface area contributed by atoms with Crippen molar-refractivity contribution in [1.82, 2.24) is 5.32 Å². The molecule has 0 aliphatic rings. The minimum Gasteiger partial charge on any atom is -0.490 e. The van der Waals surface area contributed by atoms with E-state index in [9.17, 15) is 32.3 Å². The van der Waals surface area contributed by atoms with Crippen LogP contribution in [-0.2, 0) is 11.0 Å². The molecule has 0 heterocycles. The lowest BCUT2D eigenvalue weighted by atomic mass is 10.0. The Morgan fingerprint density at radius 2 is 1.65 bits per heavy atom. The van der Waals surface area contributed by atoms with E-state index in [0.717, 1.165) is 11.5 Å². The second-order valence-electron chi connectivity index (χ2n) is 7.88. The van der Waals surface area contributed by atoms with Gasteiger partial charge in [0, 0.05) is 5.39 Å². The molecule has 0 aliphatic carbocycles. The van der Waals surface area contributed by atoms with Gasteiger partial charge in [-0.2, -0.15) is 13.2 Å². The first-order chi connectivity index (χ1) is 15.9. The molecule has 180 valence electrons. The number of rotatable bonds is 8. The molecular weight excluding hydrogens is 458 g/mol. The Hall–Kier alpha value is -3.82. The molecule has 3 aromatic carbocycles. The third kappa shape index (κ3) is 5.56. The minimum atomic E-state index is -4.87. The molecule has 1 amide bonds. The van der Waals surface area contributed by atoms with E-state index >= 15 is 0 Å². The normalized spacial score (nSPS) is 11.8. The summed E-state index contributed by atoms with van der Waals surface area (Å²) in [4.78, 5) is 24.2. The van der Waals surface area contributed by atoms with Crippen LogP contribution in [0.5, 0.6) is 11.5 Å². The summed E-state index contributed by atoms with van der Waals surface area (Å²) >= 11 is 0. The fraction of sp³-hybridized carbons (Fsp3) is 0.250. The maximum Gasteiger partial charge on any atom is 0.419 e. The van der Waals surface area contributed by atoms with Crippen LogP contribution in [0.3, 0.4) is 0 Å². The van der Waals surface area contributed by atoms with E-state index in [4.69, 9.17) is 9.47 Å². The molecule has 0 aliphatic heterocycles. The Labute approximate surface area is 192 Å². The van der Waals surface area contributed by atoms with Gasteiger partial charge >= 0.3 is 12.1 Å². The van der Waals surface area contributed by atoms with E-state index in [2.05, 4.69) is 5.32 Å². The third-order valence-corrected chi connectivity index (χ3v) is 4.93. The van der Waals surface area contributed by atoms with Crippen molar-refractivity contribution in [3.05, 3.63) is 71.5 Å². The fourth-order valence-corrected chi connectivity index (χ4v) is 3.10. The number of nitrogens with one attached hydrogen (secondary N) is 1. The third-order valence-electron chi connectivity index (χ3n) is 4.93. The van der Waals surface area contributed by atoms with Crippen LogP contribution in [0.15, 0.2) is 54.6 Å². The molecule has 3 aromatic rings. The zero-order valence-corrected chi connectivity index (χ0v) is 18.2. The number of halogens is 4. The molecule has 2 N–H and O–H groups in total. The zero-order chi connectivity index (χ0) is 25.1. The van der Waals surface area contributed by atoms with Crippen molar-refractivity contribution in [2.45, 2.75) is 25.6 Å². The Morgan fingerprint density at radius 1 is 0.971 bits per heavy atom. The molecule has 3 rings (SSSR count). The molecule has 34 heavy (non-hydrogen) atoms. The molecule has 0 saturated heterocycles. The SMILES string of the molecule is CC(C)(NC(=O)c1ccc2ccccc2c1OCCOc1ccc(F)c(C(F)(F)F)c1)C(=O)O. The Balaban J connectivity index is 1.79. The van der Waals surface area contributed by atoms with Crippen LogP contribution in [0.2, 0.25) is 0 Å². The summed E-state index contributed by atoms with van der Waals surface area (Å²) in [6.07, 6.45) is -4.87. The van der Waals surface area contributed by atoms with Crippen LogP contribution >= 0.6 is 0 Å². The molecule has 0 fully saturated rings. The molecule has 0 aromatic heterocycles. The summed E-state index contributed by atoms with van der Waals surface area (Å²) < 4.78 is 63.1. The number of fused-ring (bicyclic) bond motifs is 1. The van der Waals surface area contributed by atoms with Crippen molar-refractivity contribution < 1.29 is 41.7 Å². The monoisotopic (exact) mass is 479 g/mol. The number of amides is 1. The number of benzene rings is 3. The number of alkyl halides is 3. The lowest BCUT2D eigenvalue weighted by Gasteiger charge is -2.22. The van der Waals surface area contributed by atoms with Crippen molar-refractivity contribution in [2.75, 3.05) is 13.2 Å². The van der Waals surface area contributed by atoms with Gasteiger partial charge in [-0.3, -0.25) is 4.79 Å². The average molecular weight is 479 g/mol. The van der Waals surface area contributed by atoms with Gasteiger partial charge in [-0.15, -0.1) is 0 Å². The highest BCUT2D eigenvalue weighted by Crippen LogP contribution is 2.34. The zero-order valence-electron chi connectivity index (χ0n) is 18.2. The Morgan fingerprint density at radius 3 is 2.32 bits per heavy atom. The number of carboxylic acid groups (broad SMARTS) is 1. The molecule has 10 heteroatoms. The first kappa shape index (κ1) is 24.8. The topological polar surface area (TPSA) is 84.9 Å². The number of carbonyl (C=O) groups is 2. The maximum atomic E-state index is 13.4. The van der Waals surface area contributed by atoms with Gasteiger partial charge < -0.3 is 19.9 Å². The van der Waals surface area contributed by atoms with Crippen molar-refractivity contribution >= 4 is 22.6 Å². The van der Waals surface area contributed by atoms with Gasteiger partial charge in [0.2, 0.25) is 0 Å². The van der Waals surface area contributed by atoms with E-state index in [0.29, 0.717) is 17.5 Å². The molecule has 0 radical (unpaired) electrons. The highest BCUT2D eigenvalue weighted by Gasteiger charge is 2.34. The Bertz CT molecular complexity index is 1220. The number of hydrogen-bond donors (Lipinski definition) is 2. The van der Waals surface area contributed by atoms with Gasteiger partial charge in [-0.05, 0) is 43.5 Å². The first-order valence-corrected chi connectivity index (χ1v) is 10.1. The second kappa shape index (κ2) is 9.58. The van der Waals surface area contributed by atoms with Crippen LogP contribution in [0.25, 0.3) is 10.8 Å². The molecular formula is C24H21F4NO5. The number of hydrogen-bond acceptors (Lipinski definition) is 4. The Kier molecular flexibility index (Phi) is 6.99. The highest BCUT2D eigenvalue weighted by molar-refractivity contribution is 6.05. The summed E-state index contributed by atoms with van der Waals surface area (Å²) in [6.45, 7) is 2.31. The summed E-state index contributed by atoms with van der Waals surface area (Å²) in [5, 5.41) is 13.0. The largest absolute Gasteiger partial charge is 0.490 e. The molecule has 0 atom stereocenters. The highest BCUT2D eigenvalue weighted by atomic mass is 19.4. The molecule has 0 spiro atoms. The summed E-state index contributed by atoms with van der Waals surface area (Å²) in [6, 6.07) is 12.5. The van der Waals surface area contributed by atoms with Gasteiger partial charge in [0.1, 0.15) is 36.1 Å². The summed E-state index contributed by atoms with van der Waals surface area (Å²) in [7, 11) is 0. The quantitative estimate of drug-likeness (QED) is 0.349. The van der Waals surface area contributed by atoms with Crippen LogP contribution in [0.1, 0.15) is 29.8 Å². The number of carboxylic acids is 1.